The van der Waals surface area contributed by atoms with Gasteiger partial charge in [0.1, 0.15) is 0 Å². The van der Waals surface area contributed by atoms with E-state index in [0.29, 0.717) is 17.8 Å². The van der Waals surface area contributed by atoms with E-state index in [4.69, 9.17) is 9.47 Å². The van der Waals surface area contributed by atoms with Crippen LogP contribution in [0, 0.1) is 5.92 Å². The highest BCUT2D eigenvalue weighted by molar-refractivity contribution is 7.92. The molecular formula is C29H34N2O5S. The lowest BCUT2D eigenvalue weighted by Gasteiger charge is -2.42. The molecular weight excluding hydrogens is 488 g/mol. The zero-order chi connectivity index (χ0) is 26.4. The van der Waals surface area contributed by atoms with E-state index in [0.717, 1.165) is 17.7 Å². The number of aliphatic hydroxyl groups excluding tert-OH is 1. The van der Waals surface area contributed by atoms with E-state index < -0.39 is 16.3 Å². The Morgan fingerprint density at radius 3 is 2.41 bits per heavy atom. The van der Waals surface area contributed by atoms with Crippen LogP contribution in [0.15, 0.2) is 96.4 Å². The minimum absolute atomic E-state index is 0.0201. The molecule has 4 rings (SSSR count). The second kappa shape index (κ2) is 12.0. The molecule has 4 atom stereocenters. The van der Waals surface area contributed by atoms with Gasteiger partial charge in [-0.1, -0.05) is 67.6 Å². The minimum Gasteiger partial charge on any atom is -0.392 e. The van der Waals surface area contributed by atoms with Crippen molar-refractivity contribution in [2.24, 2.45) is 5.92 Å². The molecule has 0 amide bonds. The van der Waals surface area contributed by atoms with E-state index >= 15 is 0 Å². The monoisotopic (exact) mass is 522 g/mol. The summed E-state index contributed by atoms with van der Waals surface area (Å²) in [6.07, 6.45) is 0.769. The Hall–Kier alpha value is -3.01. The average molecular weight is 523 g/mol. The van der Waals surface area contributed by atoms with Gasteiger partial charge >= 0.3 is 0 Å². The SMILES string of the molecule is C=CCN(C)C[C@@H]1O[C@H](c2cccc(NS(=O)(=O)c3ccccc3)c2)O[C@H](c2ccc(CO)cc2)[C@@H]1C. The number of aliphatic hydroxyl groups is 1. The van der Waals surface area contributed by atoms with Gasteiger partial charge in [0.05, 0.1) is 23.7 Å². The lowest BCUT2D eigenvalue weighted by molar-refractivity contribution is -0.275. The molecule has 0 radical (unpaired) electrons. The van der Waals surface area contributed by atoms with Crippen LogP contribution < -0.4 is 4.72 Å². The maximum atomic E-state index is 12.9. The Kier molecular flexibility index (Phi) is 8.79. The van der Waals surface area contributed by atoms with Crippen molar-refractivity contribution in [3.05, 3.63) is 108 Å². The molecule has 0 saturated carbocycles. The number of likely N-dealkylation sites (N-methyl/N-ethyl adjacent to an activating group) is 1. The van der Waals surface area contributed by atoms with Crippen molar-refractivity contribution >= 4 is 15.7 Å². The second-order valence-electron chi connectivity index (χ2n) is 9.38. The van der Waals surface area contributed by atoms with Crippen molar-refractivity contribution in [2.75, 3.05) is 24.9 Å². The van der Waals surface area contributed by atoms with Crippen LogP contribution in [0.2, 0.25) is 0 Å². The summed E-state index contributed by atoms with van der Waals surface area (Å²) in [7, 11) is -1.71. The molecule has 0 aliphatic carbocycles. The molecule has 1 saturated heterocycles. The van der Waals surface area contributed by atoms with E-state index in [2.05, 4.69) is 23.1 Å². The van der Waals surface area contributed by atoms with Crippen LogP contribution in [0.4, 0.5) is 5.69 Å². The fourth-order valence-electron chi connectivity index (χ4n) is 4.49. The molecule has 7 nitrogen and oxygen atoms in total. The molecule has 0 aromatic heterocycles. The topological polar surface area (TPSA) is 88.1 Å². The third-order valence-corrected chi connectivity index (χ3v) is 7.92. The molecule has 1 aliphatic heterocycles. The van der Waals surface area contributed by atoms with Crippen molar-refractivity contribution < 1.29 is 23.0 Å². The van der Waals surface area contributed by atoms with Crippen LogP contribution >= 0.6 is 0 Å². The molecule has 1 fully saturated rings. The van der Waals surface area contributed by atoms with Crippen LogP contribution in [0.1, 0.15) is 36.0 Å². The molecule has 1 heterocycles. The zero-order valence-corrected chi connectivity index (χ0v) is 22.0. The second-order valence-corrected chi connectivity index (χ2v) is 11.1. The first kappa shape index (κ1) is 27.0. The largest absolute Gasteiger partial charge is 0.392 e. The first-order valence-corrected chi connectivity index (χ1v) is 13.8. The Morgan fingerprint density at radius 2 is 1.73 bits per heavy atom. The summed E-state index contributed by atoms with van der Waals surface area (Å²) in [4.78, 5) is 2.34. The number of anilines is 1. The lowest BCUT2D eigenvalue weighted by atomic mass is 9.90. The number of ether oxygens (including phenoxy) is 2. The summed E-state index contributed by atoms with van der Waals surface area (Å²) in [6.45, 7) is 7.33. The van der Waals surface area contributed by atoms with E-state index in [9.17, 15) is 13.5 Å². The van der Waals surface area contributed by atoms with Gasteiger partial charge in [0, 0.05) is 30.3 Å². The maximum Gasteiger partial charge on any atom is 0.261 e. The van der Waals surface area contributed by atoms with Crippen LogP contribution in [-0.4, -0.2) is 44.7 Å². The molecule has 2 N–H and O–H groups in total. The highest BCUT2D eigenvalue weighted by atomic mass is 32.2. The summed E-state index contributed by atoms with van der Waals surface area (Å²) in [5.74, 6) is 0.0447. The van der Waals surface area contributed by atoms with Gasteiger partial charge in [-0.25, -0.2) is 8.42 Å². The Bertz CT molecular complexity index is 1280. The predicted octanol–water partition coefficient (Wildman–Crippen LogP) is 4.89. The normalized spacial score (nSPS) is 22.1. The summed E-state index contributed by atoms with van der Waals surface area (Å²) in [5, 5.41) is 9.44. The van der Waals surface area contributed by atoms with Gasteiger partial charge < -0.3 is 19.5 Å². The summed E-state index contributed by atoms with van der Waals surface area (Å²) in [5.41, 5.74) is 2.97. The fourth-order valence-corrected chi connectivity index (χ4v) is 5.56. The molecule has 0 spiro atoms. The van der Waals surface area contributed by atoms with Crippen molar-refractivity contribution in [3.8, 4) is 0 Å². The minimum atomic E-state index is -3.73. The molecule has 0 unspecified atom stereocenters. The van der Waals surface area contributed by atoms with E-state index in [1.54, 1.807) is 48.5 Å². The number of hydrogen-bond acceptors (Lipinski definition) is 6. The third kappa shape index (κ3) is 6.66. The van der Waals surface area contributed by atoms with E-state index in [1.165, 1.54) is 0 Å². The smallest absolute Gasteiger partial charge is 0.261 e. The summed E-state index contributed by atoms with van der Waals surface area (Å²) < 4.78 is 41.3. The first-order chi connectivity index (χ1) is 17.8. The molecule has 3 aromatic rings. The highest BCUT2D eigenvalue weighted by Crippen LogP contribution is 2.42. The molecule has 196 valence electrons. The van der Waals surface area contributed by atoms with Gasteiger partial charge in [-0.05, 0) is 42.4 Å². The first-order valence-electron chi connectivity index (χ1n) is 12.3. The summed E-state index contributed by atoms with van der Waals surface area (Å²) in [6, 6.07) is 23.1. The number of nitrogens with zero attached hydrogens (tertiary/aromatic N) is 1. The number of nitrogens with one attached hydrogen (secondary N) is 1. The van der Waals surface area contributed by atoms with E-state index in [1.807, 2.05) is 43.5 Å². The maximum absolute atomic E-state index is 12.9. The average Bonchev–Trinajstić information content (AvgIpc) is 2.90. The van der Waals surface area contributed by atoms with Gasteiger partial charge in [0.25, 0.3) is 10.0 Å². The van der Waals surface area contributed by atoms with Gasteiger partial charge in [-0.15, -0.1) is 6.58 Å². The molecule has 1 aliphatic rings. The standard InChI is InChI=1S/C29H34N2O5S/c1-4-17-31(3)19-27-21(2)28(23-15-13-22(20-32)14-16-23)36-29(35-27)24-9-8-10-25(18-24)30-37(33,34)26-11-6-5-7-12-26/h4-16,18,21,27-30,32H,1,17,19-20H2,2-3H3/t21-,27+,28+,29+/m1/s1. The van der Waals surface area contributed by atoms with Crippen molar-refractivity contribution in [2.45, 2.75) is 36.9 Å². The van der Waals surface area contributed by atoms with Gasteiger partial charge in [-0.2, -0.15) is 0 Å². The number of sulfonamides is 1. The predicted molar refractivity (Wildman–Crippen MR) is 144 cm³/mol. The Morgan fingerprint density at radius 1 is 1.00 bits per heavy atom. The molecule has 3 aromatic carbocycles. The lowest BCUT2D eigenvalue weighted by Crippen LogP contribution is -2.43. The van der Waals surface area contributed by atoms with Gasteiger partial charge in [0.15, 0.2) is 6.29 Å². The van der Waals surface area contributed by atoms with E-state index in [-0.39, 0.29) is 29.6 Å². The van der Waals surface area contributed by atoms with Crippen molar-refractivity contribution in [1.82, 2.24) is 4.90 Å². The summed E-state index contributed by atoms with van der Waals surface area (Å²) >= 11 is 0. The fraction of sp³-hybridized carbons (Fsp3) is 0.310. The Labute approximate surface area is 219 Å². The quantitative estimate of drug-likeness (QED) is 0.369. The van der Waals surface area contributed by atoms with Crippen molar-refractivity contribution in [1.29, 1.82) is 0 Å². The zero-order valence-electron chi connectivity index (χ0n) is 21.2. The molecule has 0 bridgehead atoms. The molecule has 8 heteroatoms. The number of benzene rings is 3. The highest BCUT2D eigenvalue weighted by Gasteiger charge is 2.38. The van der Waals surface area contributed by atoms with Crippen LogP contribution in [-0.2, 0) is 26.1 Å². The van der Waals surface area contributed by atoms with Crippen LogP contribution in [0.5, 0.6) is 0 Å². The number of hydrogen-bond donors (Lipinski definition) is 2. The van der Waals surface area contributed by atoms with Crippen LogP contribution in [0.3, 0.4) is 0 Å². The molecule has 37 heavy (non-hydrogen) atoms. The van der Waals surface area contributed by atoms with Crippen molar-refractivity contribution in [3.63, 3.8) is 0 Å². The third-order valence-electron chi connectivity index (χ3n) is 6.52. The van der Waals surface area contributed by atoms with Gasteiger partial charge in [0.2, 0.25) is 0 Å². The number of rotatable bonds is 10. The van der Waals surface area contributed by atoms with Crippen LogP contribution in [0.25, 0.3) is 0 Å². The Balaban J connectivity index is 1.61. The van der Waals surface area contributed by atoms with Gasteiger partial charge in [-0.3, -0.25) is 4.72 Å².